The van der Waals surface area contributed by atoms with Crippen molar-refractivity contribution >= 4 is 11.9 Å². The Labute approximate surface area is 484 Å². The number of carbonyl (C=O) groups is 2. The van der Waals surface area contributed by atoms with Crippen LogP contribution >= 0.6 is 0 Å². The predicted molar refractivity (Wildman–Crippen MR) is 329 cm³/mol. The highest BCUT2D eigenvalue weighted by atomic mass is 16.7. The smallest absolute Gasteiger partial charge is 0.306 e. The Morgan fingerprint density at radius 1 is 0.506 bits per heavy atom. The first-order valence-corrected chi connectivity index (χ1v) is 33.1. The van der Waals surface area contributed by atoms with Crippen LogP contribution in [0.4, 0.5) is 0 Å². The summed E-state index contributed by atoms with van der Waals surface area (Å²) in [4.78, 5) is 26.6. The van der Waals surface area contributed by atoms with E-state index in [4.69, 9.17) is 14.2 Å². The van der Waals surface area contributed by atoms with Crippen LogP contribution in [0.1, 0.15) is 297 Å². The van der Waals surface area contributed by atoms with Crippen LogP contribution in [0.3, 0.4) is 0 Å². The first kappa shape index (κ1) is 74.4. The summed E-state index contributed by atoms with van der Waals surface area (Å²) in [6.07, 6.45) is 59.8. The van der Waals surface area contributed by atoms with Gasteiger partial charge in [-0.25, -0.2) is 0 Å². The second kappa shape index (κ2) is 55.9. The van der Waals surface area contributed by atoms with Crippen molar-refractivity contribution in [2.24, 2.45) is 0 Å². The van der Waals surface area contributed by atoms with Crippen LogP contribution in [-0.4, -0.2) is 99.6 Å². The fraction of sp³-hybridized carbons (Fsp3) is 0.824. The van der Waals surface area contributed by atoms with E-state index >= 15 is 0 Å². The van der Waals surface area contributed by atoms with Crippen LogP contribution in [0.15, 0.2) is 60.8 Å². The fourth-order valence-corrected chi connectivity index (χ4v) is 10.2. The van der Waals surface area contributed by atoms with Gasteiger partial charge in [0.1, 0.15) is 24.4 Å². The summed E-state index contributed by atoms with van der Waals surface area (Å²) in [7, 11) is 0. The van der Waals surface area contributed by atoms with Gasteiger partial charge < -0.3 is 45.1 Å². The molecular weight excluding hydrogens is 991 g/mol. The summed E-state index contributed by atoms with van der Waals surface area (Å²) in [5.41, 5.74) is 0. The maximum atomic E-state index is 13.4. The highest BCUT2D eigenvalue weighted by Gasteiger charge is 2.47. The normalized spacial score (nSPS) is 19.2. The molecule has 1 amide bonds. The number of aliphatic hydroxyl groups excluding tert-OH is 5. The molecule has 0 spiro atoms. The number of carbonyl (C=O) groups excluding carboxylic acids is 2. The monoisotopic (exact) mass is 1110 g/mol. The predicted octanol–water partition coefficient (Wildman–Crippen LogP) is 16.2. The molecule has 0 aromatic carbocycles. The second-order valence-electron chi connectivity index (χ2n) is 22.9. The molecule has 1 aliphatic heterocycles. The first-order chi connectivity index (χ1) is 38.7. The number of allylic oxidation sites excluding steroid dienone is 9. The van der Waals surface area contributed by atoms with E-state index in [0.717, 1.165) is 83.5 Å². The molecule has 1 rings (SSSR count). The standard InChI is InChI=1S/C68H123NO10/c1-4-7-10-13-16-19-22-25-27-28-29-30-31-32-33-34-35-38-41-44-47-50-53-56-63(73)79-66-65(75)64(74)62(57-70)78-68(66)77-58-59(60(71)54-51-48-45-42-39-36-24-21-18-15-12-9-6-3)69-67(76)61(72)55-52-49-46-43-40-37-26-23-20-17-14-11-8-5-2/h8,11,14,17,20,23,25,27,51,54,59-62,64-66,68,70-72,74-75H,4-7,9-10,12-13,15-16,18-19,21-22,24,26,28-50,52-53,55-58H2,1-3H3,(H,69,76)/b11-8+,17-14+,23-20+,27-25+,54-51+. The van der Waals surface area contributed by atoms with Gasteiger partial charge in [0.05, 0.1) is 25.4 Å². The van der Waals surface area contributed by atoms with E-state index in [1.54, 1.807) is 6.08 Å². The van der Waals surface area contributed by atoms with Crippen LogP contribution < -0.4 is 5.32 Å². The molecule has 1 heterocycles. The van der Waals surface area contributed by atoms with Crippen molar-refractivity contribution in [3.63, 3.8) is 0 Å². The zero-order valence-corrected chi connectivity index (χ0v) is 51.0. The third-order valence-electron chi connectivity index (χ3n) is 15.5. The third kappa shape index (κ3) is 43.7. The van der Waals surface area contributed by atoms with Gasteiger partial charge in [0.2, 0.25) is 5.91 Å². The zero-order valence-electron chi connectivity index (χ0n) is 51.0. The van der Waals surface area contributed by atoms with Crippen molar-refractivity contribution in [3.05, 3.63) is 60.8 Å². The molecule has 1 fully saturated rings. The summed E-state index contributed by atoms with van der Waals surface area (Å²) in [6, 6.07) is -1.03. The Morgan fingerprint density at radius 3 is 1.39 bits per heavy atom. The largest absolute Gasteiger partial charge is 0.454 e. The highest BCUT2D eigenvalue weighted by Crippen LogP contribution is 2.26. The Morgan fingerprint density at radius 2 is 0.924 bits per heavy atom. The van der Waals surface area contributed by atoms with E-state index in [9.17, 15) is 35.1 Å². The van der Waals surface area contributed by atoms with Crippen LogP contribution in [0, 0.1) is 0 Å². The lowest BCUT2D eigenvalue weighted by Gasteiger charge is -2.41. The second-order valence-corrected chi connectivity index (χ2v) is 22.9. The minimum Gasteiger partial charge on any atom is -0.454 e. The lowest BCUT2D eigenvalue weighted by atomic mass is 9.99. The van der Waals surface area contributed by atoms with Gasteiger partial charge in [0.25, 0.3) is 0 Å². The quantitative estimate of drug-likeness (QED) is 0.0149. The molecule has 0 radical (unpaired) electrons. The molecule has 79 heavy (non-hydrogen) atoms. The van der Waals surface area contributed by atoms with E-state index in [2.05, 4.69) is 68.6 Å². The highest BCUT2D eigenvalue weighted by molar-refractivity contribution is 5.80. The topological polar surface area (TPSA) is 175 Å². The first-order valence-electron chi connectivity index (χ1n) is 33.1. The number of hydrogen-bond acceptors (Lipinski definition) is 10. The number of esters is 1. The Hall–Kier alpha value is -2.64. The van der Waals surface area contributed by atoms with Gasteiger partial charge in [-0.3, -0.25) is 9.59 Å². The van der Waals surface area contributed by atoms with E-state index in [1.165, 1.54) is 167 Å². The summed E-state index contributed by atoms with van der Waals surface area (Å²) >= 11 is 0. The van der Waals surface area contributed by atoms with Gasteiger partial charge in [-0.05, 0) is 70.6 Å². The number of rotatable bonds is 56. The minimum atomic E-state index is -1.62. The van der Waals surface area contributed by atoms with Crippen molar-refractivity contribution in [1.29, 1.82) is 0 Å². The minimum absolute atomic E-state index is 0.122. The van der Waals surface area contributed by atoms with Crippen molar-refractivity contribution in [1.82, 2.24) is 5.32 Å². The molecule has 460 valence electrons. The maximum Gasteiger partial charge on any atom is 0.306 e. The molecule has 8 atom stereocenters. The van der Waals surface area contributed by atoms with Crippen LogP contribution in [0.5, 0.6) is 0 Å². The maximum absolute atomic E-state index is 13.4. The SMILES string of the molecule is CC/C=C/C=C/C=C/CCCCCCCCC(O)C(=O)NC(COC1OC(CO)C(O)C(O)C1OC(=O)CCCCCCCCCCCCCCC/C=C/CCCCCCCC)C(O)/C=C/CCCCCCCCCCCCC. The summed E-state index contributed by atoms with van der Waals surface area (Å²) in [5, 5.41) is 57.1. The van der Waals surface area contributed by atoms with E-state index < -0.39 is 67.4 Å². The fourth-order valence-electron chi connectivity index (χ4n) is 10.2. The van der Waals surface area contributed by atoms with Gasteiger partial charge in [-0.1, -0.05) is 281 Å². The number of hydrogen-bond donors (Lipinski definition) is 6. The van der Waals surface area contributed by atoms with E-state index in [-0.39, 0.29) is 19.4 Å². The lowest BCUT2D eigenvalue weighted by molar-refractivity contribution is -0.305. The summed E-state index contributed by atoms with van der Waals surface area (Å²) < 4.78 is 17.7. The molecular formula is C68H123NO10. The Balaban J connectivity index is 2.61. The number of unbranched alkanes of at least 4 members (excludes halogenated alkanes) is 36. The van der Waals surface area contributed by atoms with Gasteiger partial charge in [-0.2, -0.15) is 0 Å². The molecule has 11 heteroatoms. The third-order valence-corrected chi connectivity index (χ3v) is 15.5. The molecule has 1 saturated heterocycles. The molecule has 11 nitrogen and oxygen atoms in total. The molecule has 8 unspecified atom stereocenters. The molecule has 0 bridgehead atoms. The summed E-state index contributed by atoms with van der Waals surface area (Å²) in [6.45, 7) is 5.67. The van der Waals surface area contributed by atoms with Crippen molar-refractivity contribution in [2.45, 2.75) is 346 Å². The van der Waals surface area contributed by atoms with Crippen LogP contribution in [0.25, 0.3) is 0 Å². The average Bonchev–Trinajstić information content (AvgIpc) is 3.49. The molecule has 0 aliphatic carbocycles. The molecule has 1 aliphatic rings. The number of nitrogens with one attached hydrogen (secondary N) is 1. The van der Waals surface area contributed by atoms with E-state index in [1.807, 2.05) is 12.2 Å². The molecule has 0 aromatic heterocycles. The zero-order chi connectivity index (χ0) is 57.5. The molecule has 0 aromatic rings. The van der Waals surface area contributed by atoms with Gasteiger partial charge >= 0.3 is 5.97 Å². The van der Waals surface area contributed by atoms with Crippen LogP contribution in [-0.2, 0) is 23.8 Å². The van der Waals surface area contributed by atoms with E-state index in [0.29, 0.717) is 12.8 Å². The summed E-state index contributed by atoms with van der Waals surface area (Å²) in [5.74, 6) is -1.20. The number of amides is 1. The Kier molecular flexibility index (Phi) is 52.6. The average molecular weight is 1110 g/mol. The number of ether oxygens (including phenoxy) is 3. The van der Waals surface area contributed by atoms with Crippen molar-refractivity contribution in [3.8, 4) is 0 Å². The number of aliphatic hydroxyl groups is 5. The Bertz CT molecular complexity index is 1510. The lowest BCUT2D eigenvalue weighted by Crippen LogP contribution is -2.61. The molecule has 0 saturated carbocycles. The van der Waals surface area contributed by atoms with Crippen LogP contribution in [0.2, 0.25) is 0 Å². The van der Waals surface area contributed by atoms with Gasteiger partial charge in [-0.15, -0.1) is 0 Å². The van der Waals surface area contributed by atoms with Gasteiger partial charge in [0, 0.05) is 6.42 Å². The molecule has 6 N–H and O–H groups in total. The van der Waals surface area contributed by atoms with Crippen molar-refractivity contribution in [2.75, 3.05) is 13.2 Å². The van der Waals surface area contributed by atoms with Gasteiger partial charge in [0.15, 0.2) is 12.4 Å². The van der Waals surface area contributed by atoms with Crippen molar-refractivity contribution < 1.29 is 49.3 Å².